The van der Waals surface area contributed by atoms with E-state index in [4.69, 9.17) is 0 Å². The molecule has 4 heteroatoms. The maximum Gasteiger partial charge on any atom is 0.139 e. The maximum atomic E-state index is 4.48. The van der Waals surface area contributed by atoms with Crippen LogP contribution in [0.5, 0.6) is 0 Å². The van der Waals surface area contributed by atoms with E-state index in [1.165, 1.54) is 0 Å². The van der Waals surface area contributed by atoms with Gasteiger partial charge in [0.1, 0.15) is 6.17 Å². The van der Waals surface area contributed by atoms with Gasteiger partial charge < -0.3 is 5.32 Å². The van der Waals surface area contributed by atoms with E-state index in [2.05, 4.69) is 48.8 Å². The Hall–Kier alpha value is -1.42. The normalized spacial score (nSPS) is 21.8. The number of hydrazone groups is 1. The predicted molar refractivity (Wildman–Crippen MR) is 78.9 cm³/mol. The van der Waals surface area contributed by atoms with Gasteiger partial charge in [0, 0.05) is 30.2 Å². The van der Waals surface area contributed by atoms with E-state index in [0.29, 0.717) is 6.04 Å². The molecule has 1 heterocycles. The highest BCUT2D eigenvalue weighted by molar-refractivity contribution is 5.93. The number of hydrogen-bond acceptors (Lipinski definition) is 4. The van der Waals surface area contributed by atoms with E-state index >= 15 is 0 Å². The average molecular weight is 248 g/mol. The van der Waals surface area contributed by atoms with Crippen LogP contribution < -0.4 is 5.32 Å². The van der Waals surface area contributed by atoms with Crippen LogP contribution in [0.4, 0.5) is 0 Å². The summed E-state index contributed by atoms with van der Waals surface area (Å²) in [5.41, 5.74) is 2.20. The van der Waals surface area contributed by atoms with E-state index in [9.17, 15) is 0 Å². The van der Waals surface area contributed by atoms with Crippen LogP contribution in [0.1, 0.15) is 34.1 Å². The van der Waals surface area contributed by atoms with Gasteiger partial charge in [-0.05, 0) is 40.2 Å². The Labute approximate surface area is 110 Å². The first-order valence-corrected chi connectivity index (χ1v) is 6.45. The van der Waals surface area contributed by atoms with Crippen LogP contribution in [0.2, 0.25) is 0 Å². The second-order valence-electron chi connectivity index (χ2n) is 4.60. The molecule has 0 aromatic heterocycles. The second-order valence-corrected chi connectivity index (χ2v) is 4.60. The highest BCUT2D eigenvalue weighted by Gasteiger charge is 2.15. The third-order valence-electron chi connectivity index (χ3n) is 2.82. The fourth-order valence-electron chi connectivity index (χ4n) is 1.84. The van der Waals surface area contributed by atoms with Crippen molar-refractivity contribution >= 4 is 11.9 Å². The molecule has 0 aromatic rings. The van der Waals surface area contributed by atoms with Crippen LogP contribution in [0.3, 0.4) is 0 Å². The summed E-state index contributed by atoms with van der Waals surface area (Å²) in [5.74, 6) is 0. The Kier molecular flexibility index (Phi) is 5.78. The van der Waals surface area contributed by atoms with Crippen molar-refractivity contribution in [1.82, 2.24) is 10.3 Å². The number of hydrogen-bond donors (Lipinski definition) is 1. The standard InChI is InChI=1S/C14H24N4/c1-6-11(2)15-8-7-9-16-18-13(4)10-12(3)17-14(18)5/h6,9-11,14-15H,1,7-8H2,2-5H3/b16-9-. The van der Waals surface area contributed by atoms with Crippen molar-refractivity contribution in [3.05, 3.63) is 24.4 Å². The third kappa shape index (κ3) is 4.45. The average Bonchev–Trinajstić information content (AvgIpc) is 2.31. The molecule has 0 saturated heterocycles. The van der Waals surface area contributed by atoms with E-state index in [0.717, 1.165) is 24.4 Å². The van der Waals surface area contributed by atoms with Gasteiger partial charge in [0.2, 0.25) is 0 Å². The Morgan fingerprint density at radius 2 is 2.33 bits per heavy atom. The zero-order valence-corrected chi connectivity index (χ0v) is 11.8. The van der Waals surface area contributed by atoms with Crippen molar-refractivity contribution in [2.75, 3.05) is 6.54 Å². The van der Waals surface area contributed by atoms with Crippen LogP contribution >= 0.6 is 0 Å². The fraction of sp³-hybridized carbons (Fsp3) is 0.571. The molecule has 1 aliphatic heterocycles. The van der Waals surface area contributed by atoms with Gasteiger partial charge in [-0.15, -0.1) is 6.58 Å². The molecule has 0 spiro atoms. The molecular formula is C14H24N4. The lowest BCUT2D eigenvalue weighted by molar-refractivity contribution is 0.286. The van der Waals surface area contributed by atoms with E-state index < -0.39 is 0 Å². The molecule has 0 fully saturated rings. The third-order valence-corrected chi connectivity index (χ3v) is 2.82. The Bertz CT molecular complexity index is 368. The highest BCUT2D eigenvalue weighted by Crippen LogP contribution is 2.15. The number of allylic oxidation sites excluding steroid dienone is 2. The van der Waals surface area contributed by atoms with Gasteiger partial charge in [-0.25, -0.2) is 5.01 Å². The minimum atomic E-state index is 0.0892. The molecular weight excluding hydrogens is 224 g/mol. The quantitative estimate of drug-likeness (QED) is 0.446. The number of rotatable bonds is 6. The Morgan fingerprint density at radius 3 is 2.94 bits per heavy atom. The second kappa shape index (κ2) is 7.11. The zero-order valence-electron chi connectivity index (χ0n) is 11.8. The molecule has 0 bridgehead atoms. The SMILES string of the molecule is C=CC(C)NCC/C=N\N1C(C)=CC(C)=NC1C. The van der Waals surface area contributed by atoms with Gasteiger partial charge in [-0.1, -0.05) is 6.08 Å². The first-order valence-electron chi connectivity index (χ1n) is 6.45. The van der Waals surface area contributed by atoms with Gasteiger partial charge in [0.25, 0.3) is 0 Å². The largest absolute Gasteiger partial charge is 0.310 e. The van der Waals surface area contributed by atoms with Gasteiger partial charge in [-0.2, -0.15) is 5.10 Å². The van der Waals surface area contributed by atoms with Crippen LogP contribution in [0.25, 0.3) is 0 Å². The highest BCUT2D eigenvalue weighted by atomic mass is 15.5. The topological polar surface area (TPSA) is 40.0 Å². The van der Waals surface area contributed by atoms with Gasteiger partial charge in [-0.3, -0.25) is 4.99 Å². The summed E-state index contributed by atoms with van der Waals surface area (Å²) in [7, 11) is 0. The van der Waals surface area contributed by atoms with Crippen molar-refractivity contribution in [3.63, 3.8) is 0 Å². The number of nitrogens with one attached hydrogen (secondary N) is 1. The van der Waals surface area contributed by atoms with Gasteiger partial charge >= 0.3 is 0 Å². The zero-order chi connectivity index (χ0) is 13.5. The van der Waals surface area contributed by atoms with Crippen molar-refractivity contribution in [3.8, 4) is 0 Å². The Morgan fingerprint density at radius 1 is 1.61 bits per heavy atom. The molecule has 2 unspecified atom stereocenters. The maximum absolute atomic E-state index is 4.48. The first kappa shape index (κ1) is 14.6. The molecule has 1 aliphatic rings. The van der Waals surface area contributed by atoms with Crippen LogP contribution in [-0.4, -0.2) is 35.7 Å². The smallest absolute Gasteiger partial charge is 0.139 e. The van der Waals surface area contributed by atoms with Crippen LogP contribution in [0, 0.1) is 0 Å². The summed E-state index contributed by atoms with van der Waals surface area (Å²) in [4.78, 5) is 4.48. The van der Waals surface area contributed by atoms with Crippen molar-refractivity contribution in [2.45, 2.75) is 46.3 Å². The van der Waals surface area contributed by atoms with Gasteiger partial charge in [0.15, 0.2) is 0 Å². The summed E-state index contributed by atoms with van der Waals surface area (Å²) < 4.78 is 0. The minimum absolute atomic E-state index is 0.0892. The van der Waals surface area contributed by atoms with E-state index in [-0.39, 0.29) is 6.17 Å². The molecule has 4 nitrogen and oxygen atoms in total. The molecule has 18 heavy (non-hydrogen) atoms. The predicted octanol–water partition coefficient (Wildman–Crippen LogP) is 2.55. The van der Waals surface area contributed by atoms with Crippen molar-refractivity contribution < 1.29 is 0 Å². The van der Waals surface area contributed by atoms with Crippen LogP contribution in [0.15, 0.2) is 34.5 Å². The lowest BCUT2D eigenvalue weighted by Crippen LogP contribution is -2.29. The molecule has 1 N–H and O–H groups in total. The lowest BCUT2D eigenvalue weighted by Gasteiger charge is -2.27. The molecule has 0 radical (unpaired) electrons. The molecule has 0 saturated carbocycles. The summed E-state index contributed by atoms with van der Waals surface area (Å²) >= 11 is 0. The van der Waals surface area contributed by atoms with Crippen molar-refractivity contribution in [2.24, 2.45) is 10.1 Å². The molecule has 0 aromatic carbocycles. The molecule has 0 aliphatic carbocycles. The lowest BCUT2D eigenvalue weighted by atomic mass is 10.2. The van der Waals surface area contributed by atoms with Crippen LogP contribution in [-0.2, 0) is 0 Å². The first-order chi connectivity index (χ1) is 8.54. The monoisotopic (exact) mass is 248 g/mol. The van der Waals surface area contributed by atoms with E-state index in [1.54, 1.807) is 0 Å². The van der Waals surface area contributed by atoms with E-state index in [1.807, 2.05) is 24.2 Å². The molecule has 1 rings (SSSR count). The molecule has 100 valence electrons. The summed E-state index contributed by atoms with van der Waals surface area (Å²) in [6, 6.07) is 0.348. The molecule has 2 atom stereocenters. The Balaban J connectivity index is 2.39. The summed E-state index contributed by atoms with van der Waals surface area (Å²) in [5, 5.41) is 9.75. The minimum Gasteiger partial charge on any atom is -0.310 e. The fourth-order valence-corrected chi connectivity index (χ4v) is 1.84. The summed E-state index contributed by atoms with van der Waals surface area (Å²) in [6.45, 7) is 12.9. The van der Waals surface area contributed by atoms with Gasteiger partial charge in [0.05, 0.1) is 0 Å². The molecule has 0 amide bonds. The number of nitrogens with zero attached hydrogens (tertiary/aromatic N) is 3. The van der Waals surface area contributed by atoms with Crippen molar-refractivity contribution in [1.29, 1.82) is 0 Å². The number of aliphatic imine (C=N–C) groups is 1. The summed E-state index contributed by atoms with van der Waals surface area (Å²) in [6.07, 6.45) is 6.87.